The Labute approximate surface area is 190 Å². The van der Waals surface area contributed by atoms with Gasteiger partial charge in [-0.2, -0.15) is 8.78 Å². The highest BCUT2D eigenvalue weighted by Gasteiger charge is 2.41. The number of hydrogen-bond acceptors (Lipinski definition) is 5. The van der Waals surface area contributed by atoms with E-state index >= 15 is 0 Å². The van der Waals surface area contributed by atoms with Crippen LogP contribution in [0.2, 0.25) is 0 Å². The molecule has 0 saturated carbocycles. The van der Waals surface area contributed by atoms with Gasteiger partial charge in [0.25, 0.3) is 5.91 Å². The predicted molar refractivity (Wildman–Crippen MR) is 111 cm³/mol. The SMILES string of the molecule is CC(C)CN(C[C@@H]1CN(C[C@@H](O)COCC(F)(F)C(F)F)CCO1)C(=O)c1ccc(F)cc1. The van der Waals surface area contributed by atoms with E-state index in [-0.39, 0.29) is 31.0 Å². The number of morpholine rings is 1. The second-order valence-electron chi connectivity index (χ2n) is 8.59. The fraction of sp³-hybridized carbons (Fsp3) is 0.682. The molecule has 6 nitrogen and oxygen atoms in total. The number of ether oxygens (including phenoxy) is 2. The topological polar surface area (TPSA) is 62.2 Å². The highest BCUT2D eigenvalue weighted by Crippen LogP contribution is 2.23. The third-order valence-electron chi connectivity index (χ3n) is 5.00. The van der Waals surface area contributed by atoms with Gasteiger partial charge < -0.3 is 19.5 Å². The zero-order valence-corrected chi connectivity index (χ0v) is 18.7. The third-order valence-corrected chi connectivity index (χ3v) is 5.00. The van der Waals surface area contributed by atoms with Crippen LogP contribution in [-0.2, 0) is 9.47 Å². The van der Waals surface area contributed by atoms with Crippen LogP contribution < -0.4 is 0 Å². The van der Waals surface area contributed by atoms with Gasteiger partial charge in [-0.3, -0.25) is 9.69 Å². The standard InChI is InChI=1S/C22H31F5N2O4/c1-15(2)9-29(20(31)16-3-5-17(23)6-4-16)12-19-11-28(7-8-33-19)10-18(30)13-32-14-22(26,27)21(24)25/h3-6,15,18-19,21,30H,7-14H2,1-2H3/t18-,19+/m1/s1. The number of rotatable bonds is 12. The zero-order chi connectivity index (χ0) is 24.6. The first-order chi connectivity index (χ1) is 15.5. The summed E-state index contributed by atoms with van der Waals surface area (Å²) < 4.78 is 73.6. The highest BCUT2D eigenvalue weighted by molar-refractivity contribution is 5.94. The smallest absolute Gasteiger partial charge is 0.330 e. The fourth-order valence-electron chi connectivity index (χ4n) is 3.50. The summed E-state index contributed by atoms with van der Waals surface area (Å²) in [6.07, 6.45) is -5.34. The Morgan fingerprint density at radius 2 is 1.97 bits per heavy atom. The Morgan fingerprint density at radius 1 is 1.30 bits per heavy atom. The van der Waals surface area contributed by atoms with Crippen LogP contribution in [0.3, 0.4) is 0 Å². The lowest BCUT2D eigenvalue weighted by Gasteiger charge is -2.37. The van der Waals surface area contributed by atoms with Crippen molar-refractivity contribution >= 4 is 5.91 Å². The maximum atomic E-state index is 13.2. The molecular weight excluding hydrogens is 451 g/mol. The second kappa shape index (κ2) is 12.6. The van der Waals surface area contributed by atoms with E-state index in [9.17, 15) is 31.9 Å². The molecule has 1 saturated heterocycles. The quantitative estimate of drug-likeness (QED) is 0.465. The van der Waals surface area contributed by atoms with Crippen molar-refractivity contribution in [1.29, 1.82) is 0 Å². The van der Waals surface area contributed by atoms with Crippen molar-refractivity contribution in [2.75, 3.05) is 52.5 Å². The van der Waals surface area contributed by atoms with Gasteiger partial charge in [0.05, 0.1) is 25.4 Å². The molecule has 1 amide bonds. The molecule has 188 valence electrons. The van der Waals surface area contributed by atoms with Gasteiger partial charge >= 0.3 is 12.3 Å². The summed E-state index contributed by atoms with van der Waals surface area (Å²) in [5, 5.41) is 10.0. The van der Waals surface area contributed by atoms with Gasteiger partial charge in [0.1, 0.15) is 12.4 Å². The molecule has 0 spiro atoms. The van der Waals surface area contributed by atoms with Crippen LogP contribution in [0.1, 0.15) is 24.2 Å². The normalized spacial score (nSPS) is 18.7. The minimum Gasteiger partial charge on any atom is -0.389 e. The van der Waals surface area contributed by atoms with Crippen LogP contribution in [0.25, 0.3) is 0 Å². The molecule has 1 aromatic rings. The van der Waals surface area contributed by atoms with Crippen LogP contribution in [0, 0.1) is 11.7 Å². The Hall–Kier alpha value is -1.82. The molecular formula is C22H31F5N2O4. The molecule has 0 aliphatic carbocycles. The lowest BCUT2D eigenvalue weighted by molar-refractivity contribution is -0.171. The Bertz CT molecular complexity index is 736. The van der Waals surface area contributed by atoms with E-state index in [1.54, 1.807) is 4.90 Å². The van der Waals surface area contributed by atoms with Gasteiger partial charge in [0.15, 0.2) is 0 Å². The number of nitrogens with zero attached hydrogens (tertiary/aromatic N) is 2. The van der Waals surface area contributed by atoms with Crippen molar-refractivity contribution in [3.05, 3.63) is 35.6 Å². The Kier molecular flexibility index (Phi) is 10.5. The molecule has 2 rings (SSSR count). The minimum absolute atomic E-state index is 0.0796. The van der Waals surface area contributed by atoms with E-state index < -0.39 is 37.5 Å². The predicted octanol–water partition coefficient (Wildman–Crippen LogP) is 2.90. The van der Waals surface area contributed by atoms with E-state index in [1.807, 2.05) is 18.7 Å². The van der Waals surface area contributed by atoms with Gasteiger partial charge in [0.2, 0.25) is 0 Å². The molecule has 0 aromatic heterocycles. The number of β-amino-alcohol motifs (C(OH)–C–C–N with tert-alkyl or cyclic N) is 1. The van der Waals surface area contributed by atoms with Crippen molar-refractivity contribution in [2.45, 2.75) is 38.4 Å². The number of benzene rings is 1. The summed E-state index contributed by atoms with van der Waals surface area (Å²) >= 11 is 0. The molecule has 0 radical (unpaired) electrons. The lowest BCUT2D eigenvalue weighted by Crippen LogP contribution is -2.51. The fourth-order valence-corrected chi connectivity index (χ4v) is 3.50. The molecule has 33 heavy (non-hydrogen) atoms. The molecule has 0 bridgehead atoms. The summed E-state index contributed by atoms with van der Waals surface area (Å²) in [5.74, 6) is -4.77. The average molecular weight is 482 g/mol. The van der Waals surface area contributed by atoms with Gasteiger partial charge in [-0.15, -0.1) is 0 Å². The van der Waals surface area contributed by atoms with Crippen molar-refractivity contribution in [3.8, 4) is 0 Å². The van der Waals surface area contributed by atoms with Crippen LogP contribution in [0.5, 0.6) is 0 Å². The molecule has 1 N–H and O–H groups in total. The number of amides is 1. The summed E-state index contributed by atoms with van der Waals surface area (Å²) in [6, 6.07) is 5.29. The van der Waals surface area contributed by atoms with E-state index in [0.29, 0.717) is 31.8 Å². The molecule has 1 aromatic carbocycles. The minimum atomic E-state index is -4.26. The molecule has 0 unspecified atom stereocenters. The van der Waals surface area contributed by atoms with Gasteiger partial charge in [0, 0.05) is 38.3 Å². The van der Waals surface area contributed by atoms with Gasteiger partial charge in [-0.1, -0.05) is 13.8 Å². The first-order valence-electron chi connectivity index (χ1n) is 10.8. The van der Waals surface area contributed by atoms with Gasteiger partial charge in [-0.25, -0.2) is 13.2 Å². The number of aliphatic hydroxyl groups is 1. The number of carbonyl (C=O) groups is 1. The number of carbonyl (C=O) groups excluding carboxylic acids is 1. The monoisotopic (exact) mass is 482 g/mol. The third kappa shape index (κ3) is 9.15. The molecule has 1 heterocycles. The number of aliphatic hydroxyl groups excluding tert-OH is 1. The molecule has 11 heteroatoms. The van der Waals surface area contributed by atoms with Crippen LogP contribution in [0.15, 0.2) is 24.3 Å². The second-order valence-corrected chi connectivity index (χ2v) is 8.59. The first-order valence-corrected chi connectivity index (χ1v) is 10.8. The zero-order valence-electron chi connectivity index (χ0n) is 18.7. The number of hydrogen-bond donors (Lipinski definition) is 1. The van der Waals surface area contributed by atoms with Crippen LogP contribution in [-0.4, -0.2) is 97.9 Å². The van der Waals surface area contributed by atoms with Crippen molar-refractivity contribution in [2.24, 2.45) is 5.92 Å². The first kappa shape index (κ1) is 27.4. The number of halogens is 5. The van der Waals surface area contributed by atoms with Crippen LogP contribution >= 0.6 is 0 Å². The van der Waals surface area contributed by atoms with E-state index in [1.165, 1.54) is 24.3 Å². The van der Waals surface area contributed by atoms with Crippen molar-refractivity contribution < 1.29 is 41.3 Å². The maximum absolute atomic E-state index is 13.2. The van der Waals surface area contributed by atoms with Crippen molar-refractivity contribution in [3.63, 3.8) is 0 Å². The Balaban J connectivity index is 1.88. The highest BCUT2D eigenvalue weighted by atomic mass is 19.3. The summed E-state index contributed by atoms with van der Waals surface area (Å²) in [6.45, 7) is 3.95. The average Bonchev–Trinajstić information content (AvgIpc) is 2.73. The van der Waals surface area contributed by atoms with Crippen molar-refractivity contribution in [1.82, 2.24) is 9.80 Å². The molecule has 2 atom stereocenters. The van der Waals surface area contributed by atoms with Gasteiger partial charge in [-0.05, 0) is 30.2 Å². The number of alkyl halides is 4. The molecule has 1 aliphatic rings. The summed E-state index contributed by atoms with van der Waals surface area (Å²) in [7, 11) is 0. The maximum Gasteiger partial charge on any atom is 0.330 e. The van der Waals surface area contributed by atoms with E-state index in [4.69, 9.17) is 4.74 Å². The lowest BCUT2D eigenvalue weighted by atomic mass is 10.1. The summed E-state index contributed by atoms with van der Waals surface area (Å²) in [5.41, 5.74) is 0.359. The van der Waals surface area contributed by atoms with E-state index in [0.717, 1.165) is 0 Å². The molecule has 1 fully saturated rings. The largest absolute Gasteiger partial charge is 0.389 e. The summed E-state index contributed by atoms with van der Waals surface area (Å²) in [4.78, 5) is 16.4. The Morgan fingerprint density at radius 3 is 2.58 bits per heavy atom. The van der Waals surface area contributed by atoms with Crippen LogP contribution in [0.4, 0.5) is 22.0 Å². The van der Waals surface area contributed by atoms with E-state index in [2.05, 4.69) is 4.74 Å². The molecule has 1 aliphatic heterocycles.